The van der Waals surface area contributed by atoms with E-state index < -0.39 is 24.0 Å². The normalized spacial score (nSPS) is 12.8. The lowest BCUT2D eigenvalue weighted by Gasteiger charge is -2.17. The summed E-state index contributed by atoms with van der Waals surface area (Å²) < 4.78 is 6.79. The molecule has 7 N–H and O–H groups in total. The van der Waals surface area contributed by atoms with Gasteiger partial charge in [-0.25, -0.2) is 9.78 Å². The molecule has 0 saturated carbocycles. The summed E-state index contributed by atoms with van der Waals surface area (Å²) in [5, 5.41) is 15.9. The molecule has 2 aromatic heterocycles. The van der Waals surface area contributed by atoms with E-state index in [0.717, 1.165) is 10.1 Å². The molecule has 2 amide bonds. The van der Waals surface area contributed by atoms with Crippen LogP contribution in [-0.2, 0) is 4.79 Å². The molecule has 0 bridgehead atoms. The summed E-state index contributed by atoms with van der Waals surface area (Å²) in [6, 6.07) is 7.84. The van der Waals surface area contributed by atoms with Gasteiger partial charge in [-0.2, -0.15) is 0 Å². The number of nitrogens with two attached hydrogens (primary N) is 2. The lowest BCUT2D eigenvalue weighted by molar-refractivity contribution is -0.139. The predicted octanol–water partition coefficient (Wildman–Crippen LogP) is 2.95. The number of hydrogen-bond donors (Lipinski definition) is 5. The number of aryl methyl sites for hydroxylation is 1. The van der Waals surface area contributed by atoms with E-state index in [2.05, 4.69) is 20.6 Å². The van der Waals surface area contributed by atoms with Gasteiger partial charge in [0.1, 0.15) is 17.8 Å². The number of carboxylic acid groups (broad SMARTS) is 1. The first kappa shape index (κ1) is 27.7. The molecule has 11 nitrogen and oxygen atoms in total. The fraction of sp³-hybridized carbons (Fsp3) is 0.400. The third-order valence-corrected chi connectivity index (χ3v) is 6.65. The number of benzene rings is 1. The highest BCUT2D eigenvalue weighted by atomic mass is 32.1. The predicted molar refractivity (Wildman–Crippen MR) is 142 cm³/mol. The van der Waals surface area contributed by atoms with E-state index in [1.165, 1.54) is 11.3 Å². The molecular formula is C25H32N6O5S. The van der Waals surface area contributed by atoms with Crippen LogP contribution in [-0.4, -0.2) is 46.4 Å². The van der Waals surface area contributed by atoms with Crippen LogP contribution in [0.1, 0.15) is 71.0 Å². The monoisotopic (exact) mass is 528 g/mol. The molecule has 2 heterocycles. The summed E-state index contributed by atoms with van der Waals surface area (Å²) in [5.74, 6) is -1.61. The lowest BCUT2D eigenvalue weighted by atomic mass is 10.0. The highest BCUT2D eigenvalue weighted by molar-refractivity contribution is 7.20. The first-order valence-electron chi connectivity index (χ1n) is 11.9. The maximum atomic E-state index is 13.1. The second-order valence-corrected chi connectivity index (χ2v) is 10.2. The Morgan fingerprint density at radius 2 is 1.89 bits per heavy atom. The second-order valence-electron chi connectivity index (χ2n) is 9.07. The van der Waals surface area contributed by atoms with Gasteiger partial charge in [0.25, 0.3) is 11.8 Å². The Bertz CT molecular complexity index is 1260. The third-order valence-electron chi connectivity index (χ3n) is 5.54. The molecule has 2 atom stereocenters. The van der Waals surface area contributed by atoms with Crippen molar-refractivity contribution in [2.45, 2.75) is 52.1 Å². The van der Waals surface area contributed by atoms with Crippen LogP contribution in [0.3, 0.4) is 0 Å². The van der Waals surface area contributed by atoms with Crippen molar-refractivity contribution in [1.82, 2.24) is 15.6 Å². The number of aliphatic carboxylic acids is 1. The van der Waals surface area contributed by atoms with Crippen LogP contribution in [0, 0.1) is 12.8 Å². The zero-order chi connectivity index (χ0) is 27.1. The van der Waals surface area contributed by atoms with Crippen LogP contribution in [0.5, 0.6) is 0 Å². The summed E-state index contributed by atoms with van der Waals surface area (Å²) in [5.41, 5.74) is 10.5. The fourth-order valence-corrected chi connectivity index (χ4v) is 4.75. The zero-order valence-corrected chi connectivity index (χ0v) is 21.8. The molecule has 3 aromatic rings. The van der Waals surface area contributed by atoms with Crippen molar-refractivity contribution in [2.75, 3.05) is 6.54 Å². The summed E-state index contributed by atoms with van der Waals surface area (Å²) in [4.78, 5) is 46.3. The maximum absolute atomic E-state index is 13.1. The van der Waals surface area contributed by atoms with E-state index in [0.29, 0.717) is 17.7 Å². The number of carbonyl (C=O) groups excluding carboxylic acids is 2. The van der Waals surface area contributed by atoms with Gasteiger partial charge in [0.05, 0.1) is 4.88 Å². The van der Waals surface area contributed by atoms with Crippen LogP contribution in [0.15, 0.2) is 39.7 Å². The number of oxazole rings is 1. The number of thiophene rings is 1. The molecule has 0 radical (unpaired) electrons. The maximum Gasteiger partial charge on any atom is 0.326 e. The number of nitrogens with one attached hydrogen (secondary N) is 2. The van der Waals surface area contributed by atoms with Crippen molar-refractivity contribution >= 4 is 45.2 Å². The number of carboxylic acids is 1. The van der Waals surface area contributed by atoms with Crippen molar-refractivity contribution in [1.29, 1.82) is 0 Å². The molecule has 198 valence electrons. The van der Waals surface area contributed by atoms with Gasteiger partial charge in [0, 0.05) is 11.2 Å². The van der Waals surface area contributed by atoms with Crippen LogP contribution in [0.4, 0.5) is 0 Å². The fourth-order valence-electron chi connectivity index (χ4n) is 3.78. The third kappa shape index (κ3) is 7.53. The molecule has 1 aromatic carbocycles. The van der Waals surface area contributed by atoms with Gasteiger partial charge < -0.3 is 31.6 Å². The molecule has 0 saturated heterocycles. The van der Waals surface area contributed by atoms with Gasteiger partial charge in [-0.1, -0.05) is 32.0 Å². The number of carbonyl (C=O) groups is 3. The topological polar surface area (TPSA) is 186 Å². The Morgan fingerprint density at radius 3 is 2.54 bits per heavy atom. The molecule has 3 rings (SSSR count). The van der Waals surface area contributed by atoms with Gasteiger partial charge >= 0.3 is 5.97 Å². The minimum Gasteiger partial charge on any atom is -0.480 e. The number of hydrogen-bond acceptors (Lipinski definition) is 7. The molecule has 0 aliphatic rings. The molecule has 0 spiro atoms. The highest BCUT2D eigenvalue weighted by Crippen LogP contribution is 2.28. The van der Waals surface area contributed by atoms with E-state index in [4.69, 9.17) is 15.9 Å². The summed E-state index contributed by atoms with van der Waals surface area (Å²) >= 11 is 1.39. The van der Waals surface area contributed by atoms with Gasteiger partial charge in [0.2, 0.25) is 5.89 Å². The first-order valence-corrected chi connectivity index (χ1v) is 12.7. The van der Waals surface area contributed by atoms with E-state index in [-0.39, 0.29) is 48.1 Å². The average molecular weight is 529 g/mol. The van der Waals surface area contributed by atoms with E-state index in [1.807, 2.05) is 44.2 Å². The first-order chi connectivity index (χ1) is 17.5. The quantitative estimate of drug-likeness (QED) is 0.135. The smallest absolute Gasteiger partial charge is 0.326 e. The number of rotatable bonds is 12. The molecule has 0 unspecified atom stereocenters. The Kier molecular flexibility index (Phi) is 9.23. The van der Waals surface area contributed by atoms with Crippen LogP contribution >= 0.6 is 11.3 Å². The number of guanidine groups is 1. The molecule has 0 aliphatic carbocycles. The van der Waals surface area contributed by atoms with E-state index in [1.54, 1.807) is 6.92 Å². The number of fused-ring (bicyclic) bond motifs is 1. The van der Waals surface area contributed by atoms with Crippen LogP contribution in [0.25, 0.3) is 10.1 Å². The Morgan fingerprint density at radius 1 is 1.16 bits per heavy atom. The SMILES string of the molecule is Cc1oc([C@H](CC(C)C)NC(=O)c2cc3ccccc3s2)nc1C(=O)N[C@@H](CCCN=C(N)N)C(=O)O. The minimum absolute atomic E-state index is 0.0321. The van der Waals surface area contributed by atoms with E-state index >= 15 is 0 Å². The summed E-state index contributed by atoms with van der Waals surface area (Å²) in [6.45, 7) is 5.81. The highest BCUT2D eigenvalue weighted by Gasteiger charge is 2.28. The van der Waals surface area contributed by atoms with Gasteiger partial charge in [0.15, 0.2) is 11.7 Å². The number of amides is 2. The number of nitrogens with zero attached hydrogens (tertiary/aromatic N) is 2. The van der Waals surface area contributed by atoms with Gasteiger partial charge in [-0.15, -0.1) is 11.3 Å². The van der Waals surface area contributed by atoms with E-state index in [9.17, 15) is 19.5 Å². The summed E-state index contributed by atoms with van der Waals surface area (Å²) in [6.07, 6.45) is 1.02. The lowest BCUT2D eigenvalue weighted by Crippen LogP contribution is -2.41. The zero-order valence-electron chi connectivity index (χ0n) is 21.0. The van der Waals surface area contributed by atoms with Gasteiger partial charge in [-0.05, 0) is 49.6 Å². The van der Waals surface area contributed by atoms with Crippen LogP contribution in [0.2, 0.25) is 0 Å². The van der Waals surface area contributed by atoms with Crippen molar-refractivity contribution in [3.63, 3.8) is 0 Å². The Labute approximate surface area is 218 Å². The minimum atomic E-state index is -1.19. The molecule has 0 fully saturated rings. The van der Waals surface area contributed by atoms with Crippen molar-refractivity contribution in [3.05, 3.63) is 52.6 Å². The van der Waals surface area contributed by atoms with Gasteiger partial charge in [-0.3, -0.25) is 14.6 Å². The standard InChI is InChI=1S/C25H32N6O5S/c1-13(2)11-17(30-21(32)19-12-15-7-4-5-9-18(15)37-19)23-31-20(14(3)36-23)22(33)29-16(24(34)35)8-6-10-28-25(26)27/h4-5,7,9,12-13,16-17H,6,8,10-11H2,1-3H3,(H,29,33)(H,30,32)(H,34,35)(H4,26,27,28)/t16-,17-/m0/s1. The Balaban J connectivity index is 1.75. The van der Waals surface area contributed by atoms with Crippen molar-refractivity contribution in [2.24, 2.45) is 22.4 Å². The number of aliphatic imine (C=N–C) groups is 1. The molecule has 0 aliphatic heterocycles. The Hall–Kier alpha value is -3.93. The summed E-state index contributed by atoms with van der Waals surface area (Å²) in [7, 11) is 0. The molecule has 37 heavy (non-hydrogen) atoms. The van der Waals surface area contributed by atoms with Crippen molar-refractivity contribution < 1.29 is 23.9 Å². The molecule has 12 heteroatoms. The average Bonchev–Trinajstić information content (AvgIpc) is 3.43. The largest absolute Gasteiger partial charge is 0.480 e. The second kappa shape index (κ2) is 12.3. The van der Waals surface area contributed by atoms with Crippen molar-refractivity contribution in [3.8, 4) is 0 Å². The number of aromatic nitrogens is 1. The van der Waals surface area contributed by atoms with Crippen LogP contribution < -0.4 is 22.1 Å². The molecular weight excluding hydrogens is 496 g/mol.